The van der Waals surface area contributed by atoms with Crippen molar-refractivity contribution < 1.29 is 17.5 Å². The van der Waals surface area contributed by atoms with Gasteiger partial charge in [0, 0.05) is 26.8 Å². The van der Waals surface area contributed by atoms with Gasteiger partial charge in [0.05, 0.1) is 5.69 Å². The molecule has 1 fully saturated rings. The predicted molar refractivity (Wildman–Crippen MR) is 74.2 cm³/mol. The largest absolute Gasteiger partial charge is 0.398 e. The van der Waals surface area contributed by atoms with Crippen molar-refractivity contribution in [1.82, 2.24) is 4.31 Å². The van der Waals surface area contributed by atoms with E-state index in [4.69, 9.17) is 10.5 Å². The van der Waals surface area contributed by atoms with Crippen LogP contribution in [0.25, 0.3) is 0 Å². The number of nitrogen functional groups attached to an aromatic ring is 1. The summed E-state index contributed by atoms with van der Waals surface area (Å²) in [5.74, 6) is -0.351. The van der Waals surface area contributed by atoms with Crippen LogP contribution in [-0.4, -0.2) is 39.5 Å². The molecule has 0 saturated carbocycles. The number of anilines is 1. The minimum Gasteiger partial charge on any atom is -0.398 e. The Morgan fingerprint density at radius 3 is 2.70 bits per heavy atom. The number of benzene rings is 1. The second kappa shape index (κ2) is 6.07. The first-order valence-electron chi connectivity index (χ1n) is 6.50. The maximum Gasteiger partial charge on any atom is 0.244 e. The van der Waals surface area contributed by atoms with E-state index in [0.29, 0.717) is 19.8 Å². The number of sulfonamides is 1. The molecule has 1 heterocycles. The van der Waals surface area contributed by atoms with Gasteiger partial charge in [-0.1, -0.05) is 0 Å². The van der Waals surface area contributed by atoms with E-state index in [1.807, 2.05) is 0 Å². The molecule has 0 spiro atoms. The van der Waals surface area contributed by atoms with Gasteiger partial charge in [0.2, 0.25) is 10.0 Å². The molecule has 0 atom stereocenters. The van der Waals surface area contributed by atoms with Crippen LogP contribution in [0, 0.1) is 11.7 Å². The van der Waals surface area contributed by atoms with Crippen molar-refractivity contribution >= 4 is 15.7 Å². The van der Waals surface area contributed by atoms with Crippen LogP contribution in [0.3, 0.4) is 0 Å². The maximum atomic E-state index is 13.2. The summed E-state index contributed by atoms with van der Waals surface area (Å²) in [6.07, 6.45) is 1.66. The van der Waals surface area contributed by atoms with Crippen molar-refractivity contribution in [2.45, 2.75) is 17.7 Å². The molecule has 112 valence electrons. The highest BCUT2D eigenvalue weighted by Crippen LogP contribution is 2.24. The van der Waals surface area contributed by atoms with Crippen molar-refractivity contribution in [2.24, 2.45) is 5.92 Å². The van der Waals surface area contributed by atoms with Crippen molar-refractivity contribution in [3.63, 3.8) is 0 Å². The number of ether oxygens (including phenoxy) is 1. The van der Waals surface area contributed by atoms with Crippen molar-refractivity contribution in [3.8, 4) is 0 Å². The Bertz CT molecular complexity index is 571. The minimum absolute atomic E-state index is 0.0604. The first-order chi connectivity index (χ1) is 9.41. The van der Waals surface area contributed by atoms with Crippen LogP contribution in [-0.2, 0) is 14.8 Å². The van der Waals surface area contributed by atoms with Crippen molar-refractivity contribution in [1.29, 1.82) is 0 Å². The molecule has 7 heteroatoms. The van der Waals surface area contributed by atoms with E-state index in [2.05, 4.69) is 0 Å². The fraction of sp³-hybridized carbons (Fsp3) is 0.538. The van der Waals surface area contributed by atoms with Gasteiger partial charge in [-0.2, -0.15) is 0 Å². The maximum absolute atomic E-state index is 13.2. The van der Waals surface area contributed by atoms with Crippen LogP contribution in [0.2, 0.25) is 0 Å². The van der Waals surface area contributed by atoms with Gasteiger partial charge in [-0.05, 0) is 37.0 Å². The van der Waals surface area contributed by atoms with Crippen LogP contribution in [0.4, 0.5) is 10.1 Å². The molecule has 1 aliphatic rings. The van der Waals surface area contributed by atoms with Gasteiger partial charge < -0.3 is 10.5 Å². The van der Waals surface area contributed by atoms with Gasteiger partial charge in [-0.25, -0.2) is 17.1 Å². The van der Waals surface area contributed by atoms with Crippen molar-refractivity contribution in [3.05, 3.63) is 24.0 Å². The summed E-state index contributed by atoms with van der Waals surface area (Å²) in [5, 5.41) is 0. The summed E-state index contributed by atoms with van der Waals surface area (Å²) in [7, 11) is -2.27. The van der Waals surface area contributed by atoms with Gasteiger partial charge in [0.25, 0.3) is 0 Å². The molecule has 0 aromatic heterocycles. The Labute approximate surface area is 118 Å². The molecule has 1 aliphatic heterocycles. The fourth-order valence-corrected chi connectivity index (χ4v) is 3.66. The predicted octanol–water partition coefficient (Wildman–Crippen LogP) is 1.45. The molecular formula is C13H19FN2O3S. The second-order valence-corrected chi connectivity index (χ2v) is 7.04. The average Bonchev–Trinajstić information content (AvgIpc) is 2.42. The summed E-state index contributed by atoms with van der Waals surface area (Å²) in [6.45, 7) is 1.70. The standard InChI is InChI=1S/C13H19FN2O3S/c1-16(9-10-4-6-19-7-5-10)20(17,18)13-8-11(14)2-3-12(13)15/h2-3,8,10H,4-7,9,15H2,1H3. The molecule has 5 nitrogen and oxygen atoms in total. The number of hydrogen-bond acceptors (Lipinski definition) is 4. The normalized spacial score (nSPS) is 17.6. The lowest BCUT2D eigenvalue weighted by atomic mass is 10.0. The van der Waals surface area contributed by atoms with Crippen LogP contribution in [0.5, 0.6) is 0 Å². The van der Waals surface area contributed by atoms with E-state index in [1.54, 1.807) is 0 Å². The summed E-state index contributed by atoms with van der Waals surface area (Å²) in [4.78, 5) is -0.174. The van der Waals surface area contributed by atoms with E-state index in [-0.39, 0.29) is 16.5 Å². The van der Waals surface area contributed by atoms with E-state index >= 15 is 0 Å². The number of nitrogens with zero attached hydrogens (tertiary/aromatic N) is 1. The Hall–Kier alpha value is -1.18. The second-order valence-electron chi connectivity index (χ2n) is 5.02. The summed E-state index contributed by atoms with van der Waals surface area (Å²) >= 11 is 0. The van der Waals surface area contributed by atoms with E-state index in [1.165, 1.54) is 17.4 Å². The number of nitrogens with two attached hydrogens (primary N) is 1. The van der Waals surface area contributed by atoms with Crippen LogP contribution in [0.1, 0.15) is 12.8 Å². The highest BCUT2D eigenvalue weighted by Gasteiger charge is 2.27. The number of rotatable bonds is 4. The third kappa shape index (κ3) is 3.28. The lowest BCUT2D eigenvalue weighted by Crippen LogP contribution is -2.34. The Balaban J connectivity index is 2.18. The molecule has 0 amide bonds. The lowest BCUT2D eigenvalue weighted by molar-refractivity contribution is 0.0620. The van der Waals surface area contributed by atoms with Crippen LogP contribution >= 0.6 is 0 Å². The van der Waals surface area contributed by atoms with Gasteiger partial charge in [0.15, 0.2) is 0 Å². The van der Waals surface area contributed by atoms with Crippen LogP contribution < -0.4 is 5.73 Å². The van der Waals surface area contributed by atoms with Gasteiger partial charge in [0.1, 0.15) is 10.7 Å². The molecule has 1 aromatic rings. The minimum atomic E-state index is -3.76. The topological polar surface area (TPSA) is 72.6 Å². The monoisotopic (exact) mass is 302 g/mol. The first kappa shape index (κ1) is 15.2. The zero-order chi connectivity index (χ0) is 14.8. The van der Waals surface area contributed by atoms with Gasteiger partial charge >= 0.3 is 0 Å². The average molecular weight is 302 g/mol. The molecule has 0 bridgehead atoms. The molecule has 2 rings (SSSR count). The highest BCUT2D eigenvalue weighted by atomic mass is 32.2. The fourth-order valence-electron chi connectivity index (χ4n) is 2.29. The number of halogens is 1. The third-order valence-electron chi connectivity index (χ3n) is 3.52. The zero-order valence-electron chi connectivity index (χ0n) is 11.4. The molecule has 1 saturated heterocycles. The summed E-state index contributed by atoms with van der Waals surface area (Å²) < 4.78 is 44.6. The molecule has 0 unspecified atom stereocenters. The Morgan fingerprint density at radius 1 is 1.40 bits per heavy atom. The Kier molecular flexibility index (Phi) is 4.62. The summed E-state index contributed by atoms with van der Waals surface area (Å²) in [6, 6.07) is 3.38. The van der Waals surface area contributed by atoms with E-state index in [0.717, 1.165) is 25.0 Å². The molecule has 20 heavy (non-hydrogen) atoms. The Morgan fingerprint density at radius 2 is 2.05 bits per heavy atom. The molecule has 0 radical (unpaired) electrons. The first-order valence-corrected chi connectivity index (χ1v) is 7.94. The molecule has 2 N–H and O–H groups in total. The van der Waals surface area contributed by atoms with Crippen molar-refractivity contribution in [2.75, 3.05) is 32.5 Å². The van der Waals surface area contributed by atoms with Gasteiger partial charge in [-0.3, -0.25) is 0 Å². The van der Waals surface area contributed by atoms with E-state index < -0.39 is 15.8 Å². The van der Waals surface area contributed by atoms with Crippen LogP contribution in [0.15, 0.2) is 23.1 Å². The smallest absolute Gasteiger partial charge is 0.244 e. The highest BCUT2D eigenvalue weighted by molar-refractivity contribution is 7.89. The third-order valence-corrected chi connectivity index (χ3v) is 5.40. The number of hydrogen-bond donors (Lipinski definition) is 1. The molecule has 0 aliphatic carbocycles. The lowest BCUT2D eigenvalue weighted by Gasteiger charge is -2.27. The van der Waals surface area contributed by atoms with Gasteiger partial charge in [-0.15, -0.1) is 0 Å². The SMILES string of the molecule is CN(CC1CCOCC1)S(=O)(=O)c1cc(F)ccc1N. The quantitative estimate of drug-likeness (QED) is 0.855. The zero-order valence-corrected chi connectivity index (χ0v) is 12.2. The van der Waals surface area contributed by atoms with E-state index in [9.17, 15) is 12.8 Å². The molecule has 1 aromatic carbocycles. The molecular weight excluding hydrogens is 283 g/mol. The summed E-state index contributed by atoms with van der Waals surface area (Å²) in [5.41, 5.74) is 5.71.